The first kappa shape index (κ1) is 13.0. The van der Waals surface area contributed by atoms with E-state index in [0.29, 0.717) is 5.56 Å². The maximum absolute atomic E-state index is 13.0. The van der Waals surface area contributed by atoms with E-state index in [2.05, 4.69) is 6.07 Å². The Hall–Kier alpha value is -1.11. The summed E-state index contributed by atoms with van der Waals surface area (Å²) >= 11 is 5.68. The molecule has 4 heteroatoms. The van der Waals surface area contributed by atoms with E-state index in [-0.39, 0.29) is 17.5 Å². The number of nitrogens with zero attached hydrogens (tertiary/aromatic N) is 1. The smallest absolute Gasteiger partial charge is 0.141 e. The van der Waals surface area contributed by atoms with Crippen molar-refractivity contribution in [3.05, 3.63) is 34.6 Å². The third-order valence-corrected chi connectivity index (χ3v) is 3.30. The predicted molar refractivity (Wildman–Crippen MR) is 60.6 cm³/mol. The van der Waals surface area contributed by atoms with Gasteiger partial charge >= 0.3 is 0 Å². The van der Waals surface area contributed by atoms with Gasteiger partial charge in [-0.3, -0.25) is 0 Å². The Morgan fingerprint density at radius 3 is 2.69 bits per heavy atom. The molecule has 16 heavy (non-hydrogen) atoms. The lowest BCUT2D eigenvalue weighted by molar-refractivity contribution is 0.197. The summed E-state index contributed by atoms with van der Waals surface area (Å²) in [5.41, 5.74) is -0.255. The number of aliphatic hydroxyl groups excluding tert-OH is 1. The maximum Gasteiger partial charge on any atom is 0.141 e. The molecule has 86 valence electrons. The van der Waals surface area contributed by atoms with Crippen LogP contribution < -0.4 is 0 Å². The van der Waals surface area contributed by atoms with Crippen molar-refractivity contribution in [3.8, 4) is 6.07 Å². The predicted octanol–water partition coefficient (Wildman–Crippen LogP) is 2.89. The molecule has 1 aromatic carbocycles. The molecule has 0 aliphatic carbocycles. The Balaban J connectivity index is 3.24. The SMILES string of the molecule is CC(CO)C(C)(C#N)c1ccc(F)c(Cl)c1. The minimum atomic E-state index is -0.869. The van der Waals surface area contributed by atoms with E-state index in [1.54, 1.807) is 13.8 Å². The summed E-state index contributed by atoms with van der Waals surface area (Å²) in [6, 6.07) is 6.35. The van der Waals surface area contributed by atoms with Gasteiger partial charge in [0.25, 0.3) is 0 Å². The van der Waals surface area contributed by atoms with Gasteiger partial charge in [-0.2, -0.15) is 5.26 Å². The quantitative estimate of drug-likeness (QED) is 0.884. The van der Waals surface area contributed by atoms with E-state index in [4.69, 9.17) is 16.7 Å². The molecule has 0 aliphatic rings. The lowest BCUT2D eigenvalue weighted by Gasteiger charge is -2.28. The fourth-order valence-electron chi connectivity index (χ4n) is 1.46. The van der Waals surface area contributed by atoms with E-state index in [9.17, 15) is 9.65 Å². The van der Waals surface area contributed by atoms with Crippen molar-refractivity contribution in [2.75, 3.05) is 6.61 Å². The zero-order valence-electron chi connectivity index (χ0n) is 9.17. The van der Waals surface area contributed by atoms with Gasteiger partial charge in [0.15, 0.2) is 0 Å². The summed E-state index contributed by atoms with van der Waals surface area (Å²) in [6.07, 6.45) is 0. The van der Waals surface area contributed by atoms with Gasteiger partial charge in [-0.05, 0) is 24.6 Å². The van der Waals surface area contributed by atoms with Gasteiger partial charge in [0.05, 0.1) is 16.5 Å². The molecule has 1 aromatic rings. The molecule has 0 spiro atoms. The van der Waals surface area contributed by atoms with Crippen LogP contribution in [0.4, 0.5) is 4.39 Å². The van der Waals surface area contributed by atoms with Crippen LogP contribution in [0.5, 0.6) is 0 Å². The zero-order chi connectivity index (χ0) is 12.3. The molecule has 1 rings (SSSR count). The molecule has 1 N–H and O–H groups in total. The second-order valence-corrected chi connectivity index (χ2v) is 4.43. The average Bonchev–Trinajstić information content (AvgIpc) is 2.30. The van der Waals surface area contributed by atoms with Gasteiger partial charge in [0, 0.05) is 12.5 Å². The van der Waals surface area contributed by atoms with Crippen LogP contribution >= 0.6 is 11.6 Å². The zero-order valence-corrected chi connectivity index (χ0v) is 9.92. The molecule has 0 fully saturated rings. The molecule has 0 heterocycles. The number of benzene rings is 1. The summed E-state index contributed by atoms with van der Waals surface area (Å²) < 4.78 is 13.0. The maximum atomic E-state index is 13.0. The normalized spacial score (nSPS) is 16.2. The molecule has 2 atom stereocenters. The topological polar surface area (TPSA) is 44.0 Å². The van der Waals surface area contributed by atoms with Crippen molar-refractivity contribution in [1.29, 1.82) is 5.26 Å². The van der Waals surface area contributed by atoms with Gasteiger partial charge in [0.1, 0.15) is 5.82 Å². The van der Waals surface area contributed by atoms with Crippen molar-refractivity contribution in [1.82, 2.24) is 0 Å². The van der Waals surface area contributed by atoms with Crippen molar-refractivity contribution >= 4 is 11.6 Å². The van der Waals surface area contributed by atoms with Gasteiger partial charge in [-0.1, -0.05) is 24.6 Å². The number of aliphatic hydroxyl groups is 1. The Bertz CT molecular complexity index is 430. The largest absolute Gasteiger partial charge is 0.396 e. The van der Waals surface area contributed by atoms with Gasteiger partial charge in [-0.15, -0.1) is 0 Å². The molecular formula is C12H13ClFNO. The van der Waals surface area contributed by atoms with Crippen LogP contribution in [0.2, 0.25) is 5.02 Å². The Kier molecular flexibility index (Phi) is 3.90. The summed E-state index contributed by atoms with van der Waals surface area (Å²) in [4.78, 5) is 0. The van der Waals surface area contributed by atoms with Gasteiger partial charge in [0.2, 0.25) is 0 Å². The van der Waals surface area contributed by atoms with Crippen LogP contribution in [0.15, 0.2) is 18.2 Å². The van der Waals surface area contributed by atoms with E-state index in [1.807, 2.05) is 0 Å². The first-order valence-corrected chi connectivity index (χ1v) is 5.31. The lowest BCUT2D eigenvalue weighted by Crippen LogP contribution is -2.31. The Labute approximate surface area is 99.3 Å². The molecule has 0 amide bonds. The first-order valence-electron chi connectivity index (χ1n) is 4.93. The molecule has 2 nitrogen and oxygen atoms in total. The second kappa shape index (κ2) is 4.82. The minimum absolute atomic E-state index is 0.0101. The van der Waals surface area contributed by atoms with Crippen LogP contribution in [0.25, 0.3) is 0 Å². The molecular weight excluding hydrogens is 229 g/mol. The summed E-state index contributed by atoms with van der Waals surface area (Å²) in [5.74, 6) is -0.763. The third kappa shape index (κ3) is 2.18. The van der Waals surface area contributed by atoms with Gasteiger partial charge in [-0.25, -0.2) is 4.39 Å². The van der Waals surface area contributed by atoms with Crippen LogP contribution in [-0.4, -0.2) is 11.7 Å². The molecule has 0 radical (unpaired) electrons. The first-order chi connectivity index (χ1) is 7.45. The molecule has 0 saturated heterocycles. The molecule has 2 unspecified atom stereocenters. The number of hydrogen-bond acceptors (Lipinski definition) is 2. The summed E-state index contributed by atoms with van der Waals surface area (Å²) in [6.45, 7) is 3.36. The Morgan fingerprint density at radius 2 is 2.25 bits per heavy atom. The lowest BCUT2D eigenvalue weighted by atomic mass is 9.74. The molecule has 0 saturated carbocycles. The highest BCUT2D eigenvalue weighted by Gasteiger charge is 2.33. The fourth-order valence-corrected chi connectivity index (χ4v) is 1.64. The van der Waals surface area contributed by atoms with Gasteiger partial charge < -0.3 is 5.11 Å². The van der Waals surface area contributed by atoms with Crippen molar-refractivity contribution in [2.24, 2.45) is 5.92 Å². The van der Waals surface area contributed by atoms with E-state index >= 15 is 0 Å². The van der Waals surface area contributed by atoms with Crippen molar-refractivity contribution < 1.29 is 9.50 Å². The number of hydrogen-bond donors (Lipinski definition) is 1. The second-order valence-electron chi connectivity index (χ2n) is 4.03. The van der Waals surface area contributed by atoms with E-state index in [1.165, 1.54) is 18.2 Å². The highest BCUT2D eigenvalue weighted by Crippen LogP contribution is 2.33. The third-order valence-electron chi connectivity index (χ3n) is 3.01. The summed E-state index contributed by atoms with van der Waals surface area (Å²) in [5, 5.41) is 18.3. The monoisotopic (exact) mass is 241 g/mol. The fraction of sp³-hybridized carbons (Fsp3) is 0.417. The van der Waals surface area contributed by atoms with Crippen LogP contribution in [0.1, 0.15) is 19.4 Å². The van der Waals surface area contributed by atoms with E-state index in [0.717, 1.165) is 0 Å². The average molecular weight is 242 g/mol. The minimum Gasteiger partial charge on any atom is -0.396 e. The number of rotatable bonds is 3. The summed E-state index contributed by atoms with van der Waals surface area (Å²) in [7, 11) is 0. The molecule has 0 aromatic heterocycles. The van der Waals surface area contributed by atoms with Crippen molar-refractivity contribution in [2.45, 2.75) is 19.3 Å². The Morgan fingerprint density at radius 1 is 1.62 bits per heavy atom. The van der Waals surface area contributed by atoms with Crippen LogP contribution in [-0.2, 0) is 5.41 Å². The number of halogens is 2. The van der Waals surface area contributed by atoms with Crippen LogP contribution in [0.3, 0.4) is 0 Å². The number of nitriles is 1. The van der Waals surface area contributed by atoms with Crippen molar-refractivity contribution in [3.63, 3.8) is 0 Å². The highest BCUT2D eigenvalue weighted by molar-refractivity contribution is 6.30. The molecule has 0 aliphatic heterocycles. The molecule has 0 bridgehead atoms. The highest BCUT2D eigenvalue weighted by atomic mass is 35.5. The van der Waals surface area contributed by atoms with E-state index < -0.39 is 11.2 Å². The standard InChI is InChI=1S/C12H13ClFNO/c1-8(6-16)12(2,7-15)9-3-4-11(14)10(13)5-9/h3-5,8,16H,6H2,1-2H3. The van der Waals surface area contributed by atoms with Crippen LogP contribution in [0, 0.1) is 23.1 Å².